The number of nitrogens with one attached hydrogen (secondary N) is 2. The molecule has 2 rings (SSSR count). The van der Waals surface area contributed by atoms with Crippen molar-refractivity contribution in [3.8, 4) is 0 Å². The molecular weight excluding hydrogens is 167 g/mol. The highest BCUT2D eigenvalue weighted by Crippen LogP contribution is 2.14. The Morgan fingerprint density at radius 1 is 1.31 bits per heavy atom. The molecule has 1 aliphatic heterocycles. The van der Waals surface area contributed by atoms with E-state index < -0.39 is 6.17 Å². The monoisotopic (exact) mass is 180 g/mol. The number of alkyl halides is 1. The summed E-state index contributed by atoms with van der Waals surface area (Å²) in [6.07, 6.45) is -0.396. The second-order valence-electron chi connectivity index (χ2n) is 3.25. The Kier molecular flexibility index (Phi) is 2.45. The number of hydrogen-bond donors (Lipinski definition) is 2. The van der Waals surface area contributed by atoms with E-state index in [1.807, 2.05) is 30.3 Å². The van der Waals surface area contributed by atoms with Gasteiger partial charge in [0.25, 0.3) is 0 Å². The molecule has 0 aliphatic carbocycles. The highest BCUT2D eigenvalue weighted by atomic mass is 19.1. The number of hydrogen-bond acceptors (Lipinski definition) is 2. The molecule has 1 saturated heterocycles. The van der Waals surface area contributed by atoms with Gasteiger partial charge in [-0.25, -0.2) is 4.39 Å². The van der Waals surface area contributed by atoms with E-state index in [0.717, 1.165) is 12.2 Å². The zero-order valence-corrected chi connectivity index (χ0v) is 7.33. The Hall–Kier alpha value is -1.09. The molecule has 0 aromatic heterocycles. The zero-order chi connectivity index (χ0) is 9.10. The van der Waals surface area contributed by atoms with Crippen molar-refractivity contribution in [1.29, 1.82) is 0 Å². The predicted octanol–water partition coefficient (Wildman–Crippen LogP) is 1.76. The van der Waals surface area contributed by atoms with Gasteiger partial charge in [-0.2, -0.15) is 0 Å². The number of benzene rings is 1. The fourth-order valence-corrected chi connectivity index (χ4v) is 1.53. The molecule has 0 bridgehead atoms. The van der Waals surface area contributed by atoms with E-state index in [-0.39, 0.29) is 6.17 Å². The van der Waals surface area contributed by atoms with E-state index in [1.165, 1.54) is 0 Å². The molecule has 3 heteroatoms. The Bertz CT molecular complexity index is 263. The van der Waals surface area contributed by atoms with E-state index in [9.17, 15) is 4.39 Å². The molecule has 2 N–H and O–H groups in total. The molecule has 1 aromatic carbocycles. The predicted molar refractivity (Wildman–Crippen MR) is 51.4 cm³/mol. The Labute approximate surface area is 77.2 Å². The molecule has 13 heavy (non-hydrogen) atoms. The van der Waals surface area contributed by atoms with Gasteiger partial charge in [0.2, 0.25) is 0 Å². The molecule has 1 fully saturated rings. The van der Waals surface area contributed by atoms with Crippen molar-refractivity contribution in [2.75, 3.05) is 11.9 Å². The quantitative estimate of drug-likeness (QED) is 0.724. The molecule has 1 heterocycles. The fraction of sp³-hybridized carbons (Fsp3) is 0.400. The van der Waals surface area contributed by atoms with Crippen LogP contribution in [0.5, 0.6) is 0 Å². The summed E-state index contributed by atoms with van der Waals surface area (Å²) in [5, 5.41) is 6.17. The van der Waals surface area contributed by atoms with Crippen LogP contribution < -0.4 is 10.6 Å². The maximum Gasteiger partial charge on any atom is 0.135 e. The summed E-state index contributed by atoms with van der Waals surface area (Å²) in [6.45, 7) is 0.756. The van der Waals surface area contributed by atoms with Gasteiger partial charge in [0.1, 0.15) is 12.3 Å². The molecule has 2 nitrogen and oxygen atoms in total. The van der Waals surface area contributed by atoms with Crippen molar-refractivity contribution in [2.45, 2.75) is 18.8 Å². The highest BCUT2D eigenvalue weighted by Gasteiger charge is 2.25. The van der Waals surface area contributed by atoms with Crippen LogP contribution in [0.4, 0.5) is 10.1 Å². The van der Waals surface area contributed by atoms with Crippen molar-refractivity contribution in [1.82, 2.24) is 5.32 Å². The van der Waals surface area contributed by atoms with Crippen LogP contribution >= 0.6 is 0 Å². The fourth-order valence-electron chi connectivity index (χ4n) is 1.53. The molecule has 0 radical (unpaired) electrons. The first kappa shape index (κ1) is 8.51. The minimum Gasteiger partial charge on any atom is -0.367 e. The second kappa shape index (κ2) is 3.75. The topological polar surface area (TPSA) is 24.1 Å². The van der Waals surface area contributed by atoms with Gasteiger partial charge >= 0.3 is 0 Å². The Balaban J connectivity index is 1.98. The van der Waals surface area contributed by atoms with Gasteiger partial charge in [-0.3, -0.25) is 5.32 Å². The van der Waals surface area contributed by atoms with Gasteiger partial charge in [-0.15, -0.1) is 0 Å². The molecular formula is C10H13FN2. The molecule has 2 atom stereocenters. The third-order valence-corrected chi connectivity index (χ3v) is 2.24. The van der Waals surface area contributed by atoms with E-state index >= 15 is 0 Å². The lowest BCUT2D eigenvalue weighted by Gasteiger charge is -2.16. The van der Waals surface area contributed by atoms with Gasteiger partial charge in [0, 0.05) is 12.2 Å². The largest absolute Gasteiger partial charge is 0.367 e. The first-order valence-electron chi connectivity index (χ1n) is 4.55. The third-order valence-electron chi connectivity index (χ3n) is 2.24. The third kappa shape index (κ3) is 1.98. The molecule has 0 spiro atoms. The average Bonchev–Trinajstić information content (AvgIpc) is 2.54. The molecule has 1 aromatic rings. The first-order valence-corrected chi connectivity index (χ1v) is 4.55. The van der Waals surface area contributed by atoms with E-state index in [4.69, 9.17) is 0 Å². The van der Waals surface area contributed by atoms with Crippen LogP contribution in [0.25, 0.3) is 0 Å². The summed E-state index contributed by atoms with van der Waals surface area (Å²) >= 11 is 0. The molecule has 1 aliphatic rings. The first-order chi connectivity index (χ1) is 6.36. The van der Waals surface area contributed by atoms with Crippen molar-refractivity contribution >= 4 is 5.69 Å². The summed E-state index contributed by atoms with van der Waals surface area (Å²) in [6, 6.07) is 9.69. The van der Waals surface area contributed by atoms with Gasteiger partial charge in [0.05, 0.1) is 0 Å². The Morgan fingerprint density at radius 2 is 2.08 bits per heavy atom. The number of anilines is 1. The van der Waals surface area contributed by atoms with Gasteiger partial charge in [-0.05, 0) is 18.6 Å². The van der Waals surface area contributed by atoms with Gasteiger partial charge < -0.3 is 5.32 Å². The highest BCUT2D eigenvalue weighted by molar-refractivity contribution is 5.43. The van der Waals surface area contributed by atoms with Gasteiger partial charge in [-0.1, -0.05) is 18.2 Å². The maximum absolute atomic E-state index is 13.1. The van der Waals surface area contributed by atoms with Crippen LogP contribution in [0, 0.1) is 0 Å². The summed E-state index contributed by atoms with van der Waals surface area (Å²) in [5.74, 6) is 0. The standard InChI is InChI=1S/C10H13FN2/c11-9-6-7-12-10(9)13-8-4-2-1-3-5-8/h1-5,9-10,12-13H,6-7H2. The minimum absolute atomic E-state index is 0.220. The van der Waals surface area contributed by atoms with Crippen LogP contribution in [0.15, 0.2) is 30.3 Å². The minimum atomic E-state index is -0.778. The smallest absolute Gasteiger partial charge is 0.135 e. The summed E-state index contributed by atoms with van der Waals surface area (Å²) in [5.41, 5.74) is 0.963. The molecule has 0 amide bonds. The summed E-state index contributed by atoms with van der Waals surface area (Å²) < 4.78 is 13.1. The second-order valence-corrected chi connectivity index (χ2v) is 3.25. The van der Waals surface area contributed by atoms with Crippen molar-refractivity contribution < 1.29 is 4.39 Å². The van der Waals surface area contributed by atoms with Crippen LogP contribution in [0.1, 0.15) is 6.42 Å². The van der Waals surface area contributed by atoms with E-state index in [0.29, 0.717) is 6.42 Å². The number of halogens is 1. The van der Waals surface area contributed by atoms with Crippen LogP contribution in [0.2, 0.25) is 0 Å². The van der Waals surface area contributed by atoms with Crippen molar-refractivity contribution in [2.24, 2.45) is 0 Å². The lowest BCUT2D eigenvalue weighted by molar-refractivity contribution is 0.317. The lowest BCUT2D eigenvalue weighted by Crippen LogP contribution is -2.35. The van der Waals surface area contributed by atoms with Crippen molar-refractivity contribution in [3.63, 3.8) is 0 Å². The zero-order valence-electron chi connectivity index (χ0n) is 7.33. The molecule has 0 saturated carbocycles. The van der Waals surface area contributed by atoms with Crippen molar-refractivity contribution in [3.05, 3.63) is 30.3 Å². The average molecular weight is 180 g/mol. The Morgan fingerprint density at radius 3 is 2.69 bits per heavy atom. The summed E-state index contributed by atoms with van der Waals surface area (Å²) in [7, 11) is 0. The van der Waals surface area contributed by atoms with Crippen LogP contribution in [0.3, 0.4) is 0 Å². The van der Waals surface area contributed by atoms with Gasteiger partial charge in [0.15, 0.2) is 0 Å². The van der Waals surface area contributed by atoms with E-state index in [2.05, 4.69) is 10.6 Å². The number of para-hydroxylation sites is 1. The normalized spacial score (nSPS) is 27.5. The maximum atomic E-state index is 13.1. The summed E-state index contributed by atoms with van der Waals surface area (Å²) in [4.78, 5) is 0. The molecule has 2 unspecified atom stereocenters. The number of rotatable bonds is 2. The lowest BCUT2D eigenvalue weighted by atomic mass is 10.2. The van der Waals surface area contributed by atoms with E-state index in [1.54, 1.807) is 0 Å². The van der Waals surface area contributed by atoms with Crippen LogP contribution in [-0.4, -0.2) is 18.9 Å². The van der Waals surface area contributed by atoms with Crippen LogP contribution in [-0.2, 0) is 0 Å². The SMILES string of the molecule is FC1CCNC1Nc1ccccc1. The molecule has 70 valence electrons.